The van der Waals surface area contributed by atoms with Gasteiger partial charge in [0.25, 0.3) is 0 Å². The number of carbonyl (C=O) groups excluding carboxylic acids is 1. The number of sulfone groups is 1. The summed E-state index contributed by atoms with van der Waals surface area (Å²) in [6.45, 7) is 0. The average molecular weight is 283 g/mol. The number of rotatable bonds is 4. The van der Waals surface area contributed by atoms with Gasteiger partial charge in [0.1, 0.15) is 5.75 Å². The highest BCUT2D eigenvalue weighted by atomic mass is 32.2. The fourth-order valence-electron chi connectivity index (χ4n) is 2.18. The molecule has 0 unspecified atom stereocenters. The van der Waals surface area contributed by atoms with Crippen LogP contribution in [0.4, 0.5) is 0 Å². The van der Waals surface area contributed by atoms with Crippen molar-refractivity contribution in [3.63, 3.8) is 0 Å². The van der Waals surface area contributed by atoms with Crippen LogP contribution in [0.5, 0.6) is 5.75 Å². The monoisotopic (exact) mass is 283 g/mol. The lowest BCUT2D eigenvalue weighted by molar-refractivity contribution is -0.121. The topological polar surface area (TPSA) is 83.5 Å². The molecule has 1 aliphatic heterocycles. The maximum atomic E-state index is 11.7. The van der Waals surface area contributed by atoms with Crippen LogP contribution in [0.3, 0.4) is 0 Å². The third-order valence-electron chi connectivity index (χ3n) is 3.21. The summed E-state index contributed by atoms with van der Waals surface area (Å²) in [4.78, 5) is 11.7. The second kappa shape index (κ2) is 5.61. The first-order valence-corrected chi connectivity index (χ1v) is 8.05. The summed E-state index contributed by atoms with van der Waals surface area (Å²) >= 11 is 0. The van der Waals surface area contributed by atoms with Crippen molar-refractivity contribution < 1.29 is 18.3 Å². The highest BCUT2D eigenvalue weighted by Gasteiger charge is 2.28. The van der Waals surface area contributed by atoms with Crippen LogP contribution in [0.25, 0.3) is 0 Å². The maximum absolute atomic E-state index is 11.7. The molecule has 0 aromatic heterocycles. The number of aryl methyl sites for hydroxylation is 1. The van der Waals surface area contributed by atoms with Gasteiger partial charge in [0.05, 0.1) is 11.5 Å². The van der Waals surface area contributed by atoms with E-state index in [1.807, 2.05) is 0 Å². The zero-order valence-electron chi connectivity index (χ0n) is 10.5. The lowest BCUT2D eigenvalue weighted by Crippen LogP contribution is -2.35. The molecule has 1 heterocycles. The molecule has 1 atom stereocenters. The number of phenols is 1. The third-order valence-corrected chi connectivity index (χ3v) is 4.98. The molecule has 1 aromatic carbocycles. The minimum Gasteiger partial charge on any atom is -0.508 e. The number of carbonyl (C=O) groups is 1. The second-order valence-corrected chi connectivity index (χ2v) is 7.02. The number of aromatic hydroxyl groups is 1. The van der Waals surface area contributed by atoms with Crippen LogP contribution in [0.1, 0.15) is 18.4 Å². The fraction of sp³-hybridized carbons (Fsp3) is 0.462. The SMILES string of the molecule is O=C(CCc1ccccc1O)N[C@@H]1CCS(=O)(=O)C1. The normalized spacial score (nSPS) is 21.2. The fourth-order valence-corrected chi connectivity index (χ4v) is 3.85. The van der Waals surface area contributed by atoms with Gasteiger partial charge < -0.3 is 10.4 Å². The van der Waals surface area contributed by atoms with Gasteiger partial charge in [0.2, 0.25) is 5.91 Å². The molecule has 0 bridgehead atoms. The molecule has 2 N–H and O–H groups in total. The van der Waals surface area contributed by atoms with Crippen LogP contribution in [-0.4, -0.2) is 37.0 Å². The summed E-state index contributed by atoms with van der Waals surface area (Å²) < 4.78 is 22.5. The summed E-state index contributed by atoms with van der Waals surface area (Å²) in [6, 6.07) is 6.61. The number of nitrogens with one attached hydrogen (secondary N) is 1. The lowest BCUT2D eigenvalue weighted by Gasteiger charge is -2.11. The highest BCUT2D eigenvalue weighted by Crippen LogP contribution is 2.17. The van der Waals surface area contributed by atoms with Crippen molar-refractivity contribution >= 4 is 15.7 Å². The zero-order valence-corrected chi connectivity index (χ0v) is 11.3. The molecule has 19 heavy (non-hydrogen) atoms. The van der Waals surface area contributed by atoms with Crippen molar-refractivity contribution in [3.05, 3.63) is 29.8 Å². The van der Waals surface area contributed by atoms with Gasteiger partial charge in [-0.1, -0.05) is 18.2 Å². The van der Waals surface area contributed by atoms with E-state index in [0.29, 0.717) is 12.8 Å². The summed E-state index contributed by atoms with van der Waals surface area (Å²) in [5.74, 6) is 0.191. The van der Waals surface area contributed by atoms with Gasteiger partial charge in [-0.15, -0.1) is 0 Å². The van der Waals surface area contributed by atoms with Crippen LogP contribution in [0.2, 0.25) is 0 Å². The Hall–Kier alpha value is -1.56. The Morgan fingerprint density at radius 2 is 2.11 bits per heavy atom. The van der Waals surface area contributed by atoms with Gasteiger partial charge in [-0.25, -0.2) is 8.42 Å². The predicted octanol–water partition coefficient (Wildman–Crippen LogP) is 0.628. The molecule has 1 amide bonds. The smallest absolute Gasteiger partial charge is 0.220 e. The molecular weight excluding hydrogens is 266 g/mol. The third kappa shape index (κ3) is 3.96. The number of para-hydroxylation sites is 1. The van der Waals surface area contributed by atoms with E-state index in [9.17, 15) is 18.3 Å². The van der Waals surface area contributed by atoms with Crippen LogP contribution in [0, 0.1) is 0 Å². The van der Waals surface area contributed by atoms with E-state index in [1.54, 1.807) is 24.3 Å². The second-order valence-electron chi connectivity index (χ2n) is 4.80. The molecule has 1 aliphatic rings. The van der Waals surface area contributed by atoms with Crippen LogP contribution < -0.4 is 5.32 Å². The van der Waals surface area contributed by atoms with Crippen molar-refractivity contribution in [1.29, 1.82) is 0 Å². The number of hydrogen-bond donors (Lipinski definition) is 2. The standard InChI is InChI=1S/C13H17NO4S/c15-12-4-2-1-3-10(12)5-6-13(16)14-11-7-8-19(17,18)9-11/h1-4,11,15H,5-9H2,(H,14,16)/t11-/m1/s1. The van der Waals surface area contributed by atoms with Crippen molar-refractivity contribution in [3.8, 4) is 5.75 Å². The molecule has 104 valence electrons. The molecule has 0 saturated carbocycles. The van der Waals surface area contributed by atoms with Crippen molar-refractivity contribution in [1.82, 2.24) is 5.32 Å². The van der Waals surface area contributed by atoms with Crippen molar-refractivity contribution in [2.75, 3.05) is 11.5 Å². The first-order valence-electron chi connectivity index (χ1n) is 6.23. The number of phenolic OH excluding ortho intramolecular Hbond substituents is 1. The zero-order chi connectivity index (χ0) is 13.9. The maximum Gasteiger partial charge on any atom is 0.220 e. The number of hydrogen-bond acceptors (Lipinski definition) is 4. The van der Waals surface area contributed by atoms with E-state index < -0.39 is 9.84 Å². The van der Waals surface area contributed by atoms with Crippen LogP contribution in [0.15, 0.2) is 24.3 Å². The quantitative estimate of drug-likeness (QED) is 0.849. The Kier molecular flexibility index (Phi) is 4.09. The molecule has 0 aliphatic carbocycles. The molecule has 1 aromatic rings. The van der Waals surface area contributed by atoms with E-state index in [2.05, 4.69) is 5.32 Å². The van der Waals surface area contributed by atoms with Crippen molar-refractivity contribution in [2.45, 2.75) is 25.3 Å². The first-order chi connectivity index (χ1) is 8.96. The molecule has 1 saturated heterocycles. The molecule has 2 rings (SSSR count). The van der Waals surface area contributed by atoms with E-state index >= 15 is 0 Å². The Balaban J connectivity index is 1.81. The van der Waals surface area contributed by atoms with Gasteiger partial charge in [-0.3, -0.25) is 4.79 Å². The molecule has 6 heteroatoms. The summed E-state index contributed by atoms with van der Waals surface area (Å²) in [7, 11) is -2.97. The van der Waals surface area contributed by atoms with Crippen LogP contribution in [-0.2, 0) is 21.1 Å². The Bertz CT molecular complexity index is 568. The minimum absolute atomic E-state index is 0.0370. The summed E-state index contributed by atoms with van der Waals surface area (Å²) in [5.41, 5.74) is 0.719. The number of amides is 1. The number of benzene rings is 1. The van der Waals surface area contributed by atoms with Gasteiger partial charge in [-0.2, -0.15) is 0 Å². The van der Waals surface area contributed by atoms with Gasteiger partial charge in [0, 0.05) is 12.5 Å². The molecule has 5 nitrogen and oxygen atoms in total. The Labute approximate surface area is 112 Å². The van der Waals surface area contributed by atoms with E-state index in [-0.39, 0.29) is 35.6 Å². The molecule has 0 radical (unpaired) electrons. The molecule has 0 spiro atoms. The predicted molar refractivity (Wildman–Crippen MR) is 71.6 cm³/mol. The van der Waals surface area contributed by atoms with E-state index in [0.717, 1.165) is 5.56 Å². The summed E-state index contributed by atoms with van der Waals surface area (Å²) in [5, 5.41) is 12.3. The largest absolute Gasteiger partial charge is 0.508 e. The van der Waals surface area contributed by atoms with Gasteiger partial charge >= 0.3 is 0 Å². The summed E-state index contributed by atoms with van der Waals surface area (Å²) in [6.07, 6.45) is 1.18. The van der Waals surface area contributed by atoms with Crippen LogP contribution >= 0.6 is 0 Å². The van der Waals surface area contributed by atoms with Gasteiger partial charge in [0.15, 0.2) is 9.84 Å². The Morgan fingerprint density at radius 3 is 2.74 bits per heavy atom. The minimum atomic E-state index is -2.97. The van der Waals surface area contributed by atoms with Gasteiger partial charge in [-0.05, 0) is 24.5 Å². The van der Waals surface area contributed by atoms with E-state index in [1.165, 1.54) is 0 Å². The molecular formula is C13H17NO4S. The van der Waals surface area contributed by atoms with E-state index in [4.69, 9.17) is 0 Å². The lowest BCUT2D eigenvalue weighted by atomic mass is 10.1. The average Bonchev–Trinajstić information content (AvgIpc) is 2.67. The Morgan fingerprint density at radius 1 is 1.37 bits per heavy atom. The van der Waals surface area contributed by atoms with Crippen molar-refractivity contribution in [2.24, 2.45) is 0 Å². The molecule has 1 fully saturated rings. The first kappa shape index (κ1) is 13.9. The highest BCUT2D eigenvalue weighted by molar-refractivity contribution is 7.91.